The van der Waals surface area contributed by atoms with E-state index in [1.807, 2.05) is 66.3 Å². The lowest BCUT2D eigenvalue weighted by atomic mass is 10.1. The van der Waals surface area contributed by atoms with Gasteiger partial charge in [0.05, 0.1) is 16.0 Å². The van der Waals surface area contributed by atoms with Gasteiger partial charge in [0.2, 0.25) is 5.91 Å². The molecule has 0 saturated carbocycles. The first-order valence-electron chi connectivity index (χ1n) is 8.93. The molecule has 5 rings (SSSR count). The average molecular weight is 421 g/mol. The van der Waals surface area contributed by atoms with E-state index in [1.54, 1.807) is 0 Å². The normalized spacial score (nSPS) is 11.3. The summed E-state index contributed by atoms with van der Waals surface area (Å²) in [5.41, 5.74) is 2.92. The van der Waals surface area contributed by atoms with E-state index in [1.165, 1.54) is 23.1 Å². The van der Waals surface area contributed by atoms with Crippen molar-refractivity contribution >= 4 is 55.3 Å². The lowest BCUT2D eigenvalue weighted by molar-refractivity contribution is -0.113. The maximum absolute atomic E-state index is 12.4. The molecule has 5 aromatic rings. The number of para-hydroxylation sites is 2. The van der Waals surface area contributed by atoms with Crippen molar-refractivity contribution < 1.29 is 4.79 Å². The molecule has 9 heteroatoms. The molecule has 0 atom stereocenters. The molecule has 2 N–H and O–H groups in total. The number of hydrogen-bond acceptors (Lipinski definition) is 6. The Morgan fingerprint density at radius 1 is 1.17 bits per heavy atom. The van der Waals surface area contributed by atoms with Crippen molar-refractivity contribution in [2.24, 2.45) is 7.05 Å². The maximum Gasteiger partial charge on any atom is 0.236 e. The van der Waals surface area contributed by atoms with Crippen LogP contribution in [0.4, 0.5) is 5.13 Å². The number of anilines is 1. The van der Waals surface area contributed by atoms with Crippen LogP contribution in [0.1, 0.15) is 0 Å². The Labute approximate surface area is 174 Å². The van der Waals surface area contributed by atoms with Crippen LogP contribution in [0.25, 0.3) is 32.5 Å². The van der Waals surface area contributed by atoms with Gasteiger partial charge in [-0.3, -0.25) is 4.79 Å². The van der Waals surface area contributed by atoms with Gasteiger partial charge in [0.1, 0.15) is 0 Å². The fourth-order valence-corrected chi connectivity index (χ4v) is 4.74. The first kappa shape index (κ1) is 17.9. The largest absolute Gasteiger partial charge is 0.360 e. The van der Waals surface area contributed by atoms with Gasteiger partial charge in [0, 0.05) is 29.7 Å². The number of thiazole rings is 1. The second-order valence-corrected chi connectivity index (χ2v) is 8.41. The van der Waals surface area contributed by atoms with Gasteiger partial charge in [-0.25, -0.2) is 4.98 Å². The number of aromatic nitrogens is 5. The van der Waals surface area contributed by atoms with Gasteiger partial charge in [-0.2, -0.15) is 0 Å². The number of thioether (sulfide) groups is 1. The highest BCUT2D eigenvalue weighted by Crippen LogP contribution is 2.29. The van der Waals surface area contributed by atoms with Crippen LogP contribution in [0.3, 0.4) is 0 Å². The molecular formula is C20H16N6OS2. The highest BCUT2D eigenvalue weighted by Gasteiger charge is 2.16. The van der Waals surface area contributed by atoms with Crippen molar-refractivity contribution in [3.05, 3.63) is 54.7 Å². The number of carbonyl (C=O) groups excluding carboxylic acids is 1. The van der Waals surface area contributed by atoms with E-state index in [0.29, 0.717) is 10.3 Å². The van der Waals surface area contributed by atoms with E-state index in [2.05, 4.69) is 25.5 Å². The predicted molar refractivity (Wildman–Crippen MR) is 117 cm³/mol. The fourth-order valence-electron chi connectivity index (χ4n) is 3.14. The van der Waals surface area contributed by atoms with Crippen LogP contribution < -0.4 is 5.32 Å². The van der Waals surface area contributed by atoms with Gasteiger partial charge >= 0.3 is 0 Å². The first-order valence-corrected chi connectivity index (χ1v) is 10.7. The van der Waals surface area contributed by atoms with Crippen LogP contribution in [-0.4, -0.2) is 36.4 Å². The van der Waals surface area contributed by atoms with Crippen LogP contribution in [0, 0.1) is 0 Å². The smallest absolute Gasteiger partial charge is 0.236 e. The molecule has 7 nitrogen and oxygen atoms in total. The quantitative estimate of drug-likeness (QED) is 0.414. The Morgan fingerprint density at radius 3 is 2.90 bits per heavy atom. The van der Waals surface area contributed by atoms with Crippen LogP contribution in [0.5, 0.6) is 0 Å². The number of carbonyl (C=O) groups is 1. The molecule has 2 aromatic carbocycles. The van der Waals surface area contributed by atoms with Gasteiger partial charge in [0.25, 0.3) is 0 Å². The molecule has 1 amide bonds. The molecule has 3 heterocycles. The summed E-state index contributed by atoms with van der Waals surface area (Å²) in [5.74, 6) is 0.873. The minimum Gasteiger partial charge on any atom is -0.360 e. The predicted octanol–water partition coefficient (Wildman–Crippen LogP) is 4.30. The van der Waals surface area contributed by atoms with Crippen LogP contribution >= 0.6 is 23.1 Å². The van der Waals surface area contributed by atoms with Crippen LogP contribution in [0.2, 0.25) is 0 Å². The van der Waals surface area contributed by atoms with Crippen LogP contribution in [-0.2, 0) is 11.8 Å². The summed E-state index contributed by atoms with van der Waals surface area (Å²) < 4.78 is 2.96. The van der Waals surface area contributed by atoms with Crippen molar-refractivity contribution in [2.75, 3.05) is 11.1 Å². The summed E-state index contributed by atoms with van der Waals surface area (Å²) in [6.07, 6.45) is 1.93. The third-order valence-electron chi connectivity index (χ3n) is 4.54. The van der Waals surface area contributed by atoms with Crippen molar-refractivity contribution in [3.8, 4) is 11.4 Å². The Balaban J connectivity index is 1.29. The zero-order valence-corrected chi connectivity index (χ0v) is 17.0. The van der Waals surface area contributed by atoms with Gasteiger partial charge in [0.15, 0.2) is 16.1 Å². The van der Waals surface area contributed by atoms with E-state index in [9.17, 15) is 4.79 Å². The SMILES string of the molecule is Cn1c(SCC(=O)Nc2nc3ccccc3s2)nnc1-c1c[nH]c2ccccc12. The zero-order valence-electron chi connectivity index (χ0n) is 15.4. The molecule has 0 fully saturated rings. The lowest BCUT2D eigenvalue weighted by Gasteiger charge is -2.03. The molecule has 29 heavy (non-hydrogen) atoms. The molecule has 0 aliphatic heterocycles. The third kappa shape index (κ3) is 3.39. The van der Waals surface area contributed by atoms with E-state index >= 15 is 0 Å². The molecule has 0 saturated heterocycles. The Kier molecular flexibility index (Phi) is 4.53. The number of fused-ring (bicyclic) bond motifs is 2. The van der Waals surface area contributed by atoms with E-state index in [0.717, 1.165) is 32.5 Å². The van der Waals surface area contributed by atoms with Crippen molar-refractivity contribution in [1.29, 1.82) is 0 Å². The number of nitrogens with zero attached hydrogens (tertiary/aromatic N) is 4. The number of H-pyrrole nitrogens is 1. The van der Waals surface area contributed by atoms with Crippen molar-refractivity contribution in [1.82, 2.24) is 24.7 Å². The third-order valence-corrected chi connectivity index (χ3v) is 6.51. The molecule has 144 valence electrons. The van der Waals surface area contributed by atoms with E-state index in [-0.39, 0.29) is 11.7 Å². The van der Waals surface area contributed by atoms with Gasteiger partial charge in [-0.15, -0.1) is 10.2 Å². The Bertz CT molecular complexity index is 1300. The van der Waals surface area contributed by atoms with Crippen LogP contribution in [0.15, 0.2) is 59.9 Å². The highest BCUT2D eigenvalue weighted by atomic mass is 32.2. The van der Waals surface area contributed by atoms with Gasteiger partial charge < -0.3 is 14.9 Å². The average Bonchev–Trinajstić information content (AvgIpc) is 3.42. The highest BCUT2D eigenvalue weighted by molar-refractivity contribution is 7.99. The lowest BCUT2D eigenvalue weighted by Crippen LogP contribution is -2.14. The number of rotatable bonds is 5. The summed E-state index contributed by atoms with van der Waals surface area (Å²) in [6.45, 7) is 0. The number of hydrogen-bond donors (Lipinski definition) is 2. The molecule has 0 spiro atoms. The number of aromatic amines is 1. The second kappa shape index (κ2) is 7.34. The Morgan fingerprint density at radius 2 is 2.00 bits per heavy atom. The molecular weight excluding hydrogens is 404 g/mol. The molecule has 0 unspecified atom stereocenters. The number of nitrogens with one attached hydrogen (secondary N) is 2. The standard InChI is InChI=1S/C20H16N6OS2/c1-26-18(13-10-21-14-7-3-2-6-12(13)14)24-25-20(26)28-11-17(27)23-19-22-15-8-4-5-9-16(15)29-19/h2-10,21H,11H2,1H3,(H,22,23,27). The molecule has 0 aliphatic carbocycles. The molecule has 3 aromatic heterocycles. The fraction of sp³-hybridized carbons (Fsp3) is 0.100. The van der Waals surface area contributed by atoms with Crippen molar-refractivity contribution in [2.45, 2.75) is 5.16 Å². The first-order chi connectivity index (χ1) is 14.2. The van der Waals surface area contributed by atoms with Crippen molar-refractivity contribution in [3.63, 3.8) is 0 Å². The summed E-state index contributed by atoms with van der Waals surface area (Å²) >= 11 is 2.81. The molecule has 0 radical (unpaired) electrons. The number of benzene rings is 2. The van der Waals surface area contributed by atoms with Gasteiger partial charge in [-0.05, 0) is 18.2 Å². The minimum absolute atomic E-state index is 0.120. The summed E-state index contributed by atoms with van der Waals surface area (Å²) in [7, 11) is 1.91. The van der Waals surface area contributed by atoms with E-state index in [4.69, 9.17) is 0 Å². The summed E-state index contributed by atoms with van der Waals surface area (Å²) in [5, 5.41) is 13.8. The summed E-state index contributed by atoms with van der Waals surface area (Å²) in [6, 6.07) is 15.9. The summed E-state index contributed by atoms with van der Waals surface area (Å²) in [4.78, 5) is 20.0. The molecule has 0 bridgehead atoms. The number of amides is 1. The minimum atomic E-state index is -0.120. The monoisotopic (exact) mass is 420 g/mol. The van der Waals surface area contributed by atoms with Gasteiger partial charge in [-0.1, -0.05) is 53.4 Å². The molecule has 0 aliphatic rings. The van der Waals surface area contributed by atoms with E-state index < -0.39 is 0 Å². The zero-order chi connectivity index (χ0) is 19.8. The Hall–Kier alpha value is -3.17. The second-order valence-electron chi connectivity index (χ2n) is 6.44. The maximum atomic E-state index is 12.4. The topological polar surface area (TPSA) is 88.5 Å².